The lowest BCUT2D eigenvalue weighted by Gasteiger charge is -2.04. The molecule has 0 fully saturated rings. The Morgan fingerprint density at radius 2 is 2.20 bits per heavy atom. The first-order valence-corrected chi connectivity index (χ1v) is 6.16. The summed E-state index contributed by atoms with van der Waals surface area (Å²) in [6.45, 7) is 0.491. The van der Waals surface area contributed by atoms with Crippen LogP contribution in [0.15, 0.2) is 42.7 Å². The molecule has 2 aromatic rings. The molecule has 1 amide bonds. The zero-order valence-electron chi connectivity index (χ0n) is 11.2. The number of benzene rings is 1. The smallest absolute Gasteiger partial charge is 0.408 e. The van der Waals surface area contributed by atoms with Gasteiger partial charge in [-0.15, -0.1) is 0 Å². The number of aryl methyl sites for hydroxylation is 1. The van der Waals surface area contributed by atoms with Crippen molar-refractivity contribution in [2.45, 2.75) is 6.61 Å². The van der Waals surface area contributed by atoms with Gasteiger partial charge in [0.2, 0.25) is 0 Å². The van der Waals surface area contributed by atoms with E-state index in [0.717, 1.165) is 11.1 Å². The molecule has 2 rings (SSSR count). The van der Waals surface area contributed by atoms with Crippen molar-refractivity contribution in [1.29, 1.82) is 0 Å². The van der Waals surface area contributed by atoms with Crippen molar-refractivity contribution in [3.63, 3.8) is 0 Å². The van der Waals surface area contributed by atoms with Crippen molar-refractivity contribution in [3.05, 3.63) is 53.9 Å². The number of alkyl carbamates (subject to hydrolysis) is 1. The van der Waals surface area contributed by atoms with Gasteiger partial charge >= 0.3 is 6.09 Å². The zero-order valence-corrected chi connectivity index (χ0v) is 11.2. The number of nitrogens with zero attached hydrogens (tertiary/aromatic N) is 2. The fraction of sp³-hybridized carbons (Fsp3) is 0.200. The summed E-state index contributed by atoms with van der Waals surface area (Å²) in [5, 5.41) is 6.56. The summed E-state index contributed by atoms with van der Waals surface area (Å²) in [4.78, 5) is 11.4. The Labute approximate surface area is 117 Å². The molecule has 5 heteroatoms. The van der Waals surface area contributed by atoms with Gasteiger partial charge in [0, 0.05) is 13.2 Å². The maximum Gasteiger partial charge on any atom is 0.408 e. The van der Waals surface area contributed by atoms with E-state index in [9.17, 15) is 4.79 Å². The van der Waals surface area contributed by atoms with Crippen LogP contribution in [0.3, 0.4) is 0 Å². The first-order valence-electron chi connectivity index (χ1n) is 6.16. The Morgan fingerprint density at radius 3 is 2.90 bits per heavy atom. The van der Waals surface area contributed by atoms with Crippen LogP contribution in [0.1, 0.15) is 11.1 Å². The first kappa shape index (κ1) is 13.7. The Morgan fingerprint density at radius 1 is 1.40 bits per heavy atom. The van der Waals surface area contributed by atoms with E-state index in [1.807, 2.05) is 37.4 Å². The molecule has 0 atom stereocenters. The normalized spacial score (nSPS) is 9.45. The molecule has 0 aliphatic rings. The highest BCUT2D eigenvalue weighted by molar-refractivity contribution is 5.67. The van der Waals surface area contributed by atoms with Crippen molar-refractivity contribution < 1.29 is 9.53 Å². The second kappa shape index (κ2) is 7.00. The molecule has 0 saturated carbocycles. The van der Waals surface area contributed by atoms with Crippen LogP contribution in [0.25, 0.3) is 0 Å². The Kier molecular flexibility index (Phi) is 4.79. The average molecular weight is 269 g/mol. The summed E-state index contributed by atoms with van der Waals surface area (Å²) in [6, 6.07) is 9.51. The lowest BCUT2D eigenvalue weighted by atomic mass is 10.2. The van der Waals surface area contributed by atoms with Crippen LogP contribution in [0, 0.1) is 11.8 Å². The van der Waals surface area contributed by atoms with E-state index >= 15 is 0 Å². The minimum absolute atomic E-state index is 0.239. The number of carbonyl (C=O) groups is 1. The number of hydrogen-bond acceptors (Lipinski definition) is 3. The van der Waals surface area contributed by atoms with E-state index in [4.69, 9.17) is 4.74 Å². The number of nitrogens with one attached hydrogen (secondary N) is 1. The van der Waals surface area contributed by atoms with E-state index in [0.29, 0.717) is 0 Å². The van der Waals surface area contributed by atoms with Crippen LogP contribution in [0.5, 0.6) is 0 Å². The monoisotopic (exact) mass is 269 g/mol. The van der Waals surface area contributed by atoms with Gasteiger partial charge in [-0.25, -0.2) is 4.79 Å². The molecular weight excluding hydrogens is 254 g/mol. The Bertz CT molecular complexity index is 623. The third kappa shape index (κ3) is 4.50. The van der Waals surface area contributed by atoms with Crippen LogP contribution in [-0.2, 0) is 18.4 Å². The minimum atomic E-state index is -0.477. The molecule has 0 aliphatic heterocycles. The summed E-state index contributed by atoms with van der Waals surface area (Å²) in [6.07, 6.45) is 3.00. The molecule has 0 saturated heterocycles. The van der Waals surface area contributed by atoms with Crippen molar-refractivity contribution in [2.24, 2.45) is 7.05 Å². The number of hydrogen-bond donors (Lipinski definition) is 1. The van der Waals surface area contributed by atoms with Crippen molar-refractivity contribution >= 4 is 6.09 Å². The lowest BCUT2D eigenvalue weighted by Crippen LogP contribution is -2.24. The van der Waals surface area contributed by atoms with Gasteiger partial charge < -0.3 is 10.1 Å². The lowest BCUT2D eigenvalue weighted by molar-refractivity contribution is 0.141. The molecular formula is C15H15N3O2. The molecule has 0 spiro atoms. The fourth-order valence-corrected chi connectivity index (χ4v) is 1.52. The maximum atomic E-state index is 11.4. The highest BCUT2D eigenvalue weighted by atomic mass is 16.5. The van der Waals surface area contributed by atoms with Gasteiger partial charge in [-0.1, -0.05) is 42.2 Å². The Balaban J connectivity index is 1.69. The summed E-state index contributed by atoms with van der Waals surface area (Å²) in [5.74, 6) is 5.72. The van der Waals surface area contributed by atoms with Gasteiger partial charge in [0.1, 0.15) is 6.61 Å². The average Bonchev–Trinajstić information content (AvgIpc) is 2.88. The number of carbonyl (C=O) groups excluding carboxylic acids is 1. The van der Waals surface area contributed by atoms with Gasteiger partial charge in [0.25, 0.3) is 0 Å². The molecule has 0 radical (unpaired) electrons. The topological polar surface area (TPSA) is 56.2 Å². The van der Waals surface area contributed by atoms with Gasteiger partial charge in [-0.05, 0) is 5.56 Å². The van der Waals surface area contributed by atoms with E-state index in [1.54, 1.807) is 17.1 Å². The van der Waals surface area contributed by atoms with Crippen molar-refractivity contribution in [1.82, 2.24) is 15.1 Å². The molecule has 1 aromatic heterocycles. The predicted octanol–water partition coefficient (Wildman–Crippen LogP) is 1.70. The number of rotatable bonds is 3. The largest absolute Gasteiger partial charge is 0.445 e. The van der Waals surface area contributed by atoms with E-state index < -0.39 is 6.09 Å². The van der Waals surface area contributed by atoms with E-state index in [-0.39, 0.29) is 13.2 Å². The van der Waals surface area contributed by atoms with Crippen LogP contribution < -0.4 is 5.32 Å². The molecule has 0 bridgehead atoms. The van der Waals surface area contributed by atoms with Crippen LogP contribution in [-0.4, -0.2) is 22.4 Å². The third-order valence-electron chi connectivity index (χ3n) is 2.47. The maximum absolute atomic E-state index is 11.4. The van der Waals surface area contributed by atoms with Gasteiger partial charge in [-0.2, -0.15) is 5.10 Å². The van der Waals surface area contributed by atoms with Crippen LogP contribution in [0.2, 0.25) is 0 Å². The summed E-state index contributed by atoms with van der Waals surface area (Å²) >= 11 is 0. The quantitative estimate of drug-likeness (QED) is 0.863. The van der Waals surface area contributed by atoms with E-state index in [1.165, 1.54) is 0 Å². The molecule has 102 valence electrons. The second-order valence-corrected chi connectivity index (χ2v) is 4.12. The SMILES string of the molecule is Cn1cc(C#CCNC(=O)OCc2ccccc2)cn1. The van der Waals surface area contributed by atoms with Gasteiger partial charge in [-0.3, -0.25) is 4.68 Å². The number of amides is 1. The first-order chi connectivity index (χ1) is 9.74. The molecule has 20 heavy (non-hydrogen) atoms. The molecule has 1 heterocycles. The van der Waals surface area contributed by atoms with Gasteiger partial charge in [0.15, 0.2) is 0 Å². The minimum Gasteiger partial charge on any atom is -0.445 e. The number of ether oxygens (including phenoxy) is 1. The fourth-order valence-electron chi connectivity index (χ4n) is 1.52. The molecule has 5 nitrogen and oxygen atoms in total. The van der Waals surface area contributed by atoms with Crippen LogP contribution in [0.4, 0.5) is 4.79 Å². The van der Waals surface area contributed by atoms with Crippen molar-refractivity contribution in [3.8, 4) is 11.8 Å². The third-order valence-corrected chi connectivity index (χ3v) is 2.47. The standard InChI is InChI=1S/C15H15N3O2/c1-18-11-14(10-17-18)8-5-9-16-15(19)20-12-13-6-3-2-4-7-13/h2-4,6-7,10-11H,9,12H2,1H3,(H,16,19). The van der Waals surface area contributed by atoms with E-state index in [2.05, 4.69) is 22.3 Å². The summed E-state index contributed by atoms with van der Waals surface area (Å²) in [7, 11) is 1.82. The van der Waals surface area contributed by atoms with Gasteiger partial charge in [0.05, 0.1) is 18.3 Å². The molecule has 1 N–H and O–H groups in total. The molecule has 1 aromatic carbocycles. The molecule has 0 aliphatic carbocycles. The highest BCUT2D eigenvalue weighted by Crippen LogP contribution is 2.00. The summed E-state index contributed by atoms with van der Waals surface area (Å²) < 4.78 is 6.72. The highest BCUT2D eigenvalue weighted by Gasteiger charge is 2.00. The second-order valence-electron chi connectivity index (χ2n) is 4.12. The Hall–Kier alpha value is -2.74. The number of aromatic nitrogens is 2. The zero-order chi connectivity index (χ0) is 14.2. The molecule has 0 unspecified atom stereocenters. The van der Waals surface area contributed by atoms with Crippen molar-refractivity contribution in [2.75, 3.05) is 6.54 Å². The van der Waals surface area contributed by atoms with Crippen LogP contribution >= 0.6 is 0 Å². The predicted molar refractivity (Wildman–Crippen MR) is 74.7 cm³/mol. The summed E-state index contributed by atoms with van der Waals surface area (Å²) in [5.41, 5.74) is 1.76.